The van der Waals surface area contributed by atoms with Crippen molar-refractivity contribution in [2.75, 3.05) is 6.61 Å². The van der Waals surface area contributed by atoms with Crippen LogP contribution < -0.4 is 0 Å². The lowest BCUT2D eigenvalue weighted by Gasteiger charge is -2.19. The number of hydrogen-bond acceptors (Lipinski definition) is 4. The average Bonchev–Trinajstić information content (AvgIpc) is 2.36. The predicted molar refractivity (Wildman–Crippen MR) is 71.7 cm³/mol. The van der Waals surface area contributed by atoms with E-state index in [4.69, 9.17) is 21.1 Å². The number of halogens is 1. The van der Waals surface area contributed by atoms with Gasteiger partial charge in [0.05, 0.1) is 12.2 Å². The fourth-order valence-electron chi connectivity index (χ4n) is 1.51. The van der Waals surface area contributed by atoms with Crippen LogP contribution in [-0.4, -0.2) is 18.5 Å². The Hall–Kier alpha value is -1.81. The molecule has 1 unspecified atom stereocenters. The van der Waals surface area contributed by atoms with Crippen molar-refractivity contribution in [2.24, 2.45) is 0 Å². The predicted octanol–water partition coefficient (Wildman–Crippen LogP) is 3.06. The number of ether oxygens (including phenoxy) is 2. The van der Waals surface area contributed by atoms with Crippen molar-refractivity contribution >= 4 is 23.5 Å². The molecule has 5 heteroatoms. The van der Waals surface area contributed by atoms with Crippen LogP contribution in [0.4, 0.5) is 0 Å². The molecule has 0 N–H and O–H groups in total. The fraction of sp³-hybridized carbons (Fsp3) is 0.286. The molecule has 19 heavy (non-hydrogen) atoms. The van der Waals surface area contributed by atoms with E-state index in [1.807, 2.05) is 0 Å². The molecule has 1 aromatic carbocycles. The van der Waals surface area contributed by atoms with E-state index >= 15 is 0 Å². The molecule has 0 aliphatic carbocycles. The fourth-order valence-corrected chi connectivity index (χ4v) is 1.74. The Labute approximate surface area is 117 Å². The summed E-state index contributed by atoms with van der Waals surface area (Å²) in [5.41, 5.74) is 0.530. The zero-order chi connectivity index (χ0) is 14.4. The molecule has 0 spiro atoms. The highest BCUT2D eigenvalue weighted by Gasteiger charge is 2.26. The van der Waals surface area contributed by atoms with Crippen molar-refractivity contribution in [3.63, 3.8) is 0 Å². The second-order valence-corrected chi connectivity index (χ2v) is 4.16. The van der Waals surface area contributed by atoms with Crippen LogP contribution in [-0.2, 0) is 19.1 Å². The molecule has 0 saturated heterocycles. The molecule has 4 nitrogen and oxygen atoms in total. The van der Waals surface area contributed by atoms with Crippen molar-refractivity contribution in [3.8, 4) is 0 Å². The molecule has 0 radical (unpaired) electrons. The lowest BCUT2D eigenvalue weighted by Crippen LogP contribution is -2.18. The number of rotatable bonds is 5. The molecule has 0 heterocycles. The molecule has 102 valence electrons. The first-order valence-electron chi connectivity index (χ1n) is 5.75. The molecule has 0 aliphatic heterocycles. The molecule has 0 amide bonds. The summed E-state index contributed by atoms with van der Waals surface area (Å²) in [6.45, 7) is 6.78. The summed E-state index contributed by atoms with van der Waals surface area (Å²) >= 11 is 6.04. The Bertz CT molecular complexity index is 496. The molecule has 0 saturated carbocycles. The van der Waals surface area contributed by atoms with Crippen LogP contribution in [0.25, 0.3) is 0 Å². The van der Waals surface area contributed by atoms with E-state index in [9.17, 15) is 9.59 Å². The number of carbonyl (C=O) groups is 2. The molecule has 1 aromatic rings. The van der Waals surface area contributed by atoms with E-state index in [1.54, 1.807) is 31.2 Å². The Morgan fingerprint density at radius 1 is 1.37 bits per heavy atom. The van der Waals surface area contributed by atoms with E-state index in [0.29, 0.717) is 10.6 Å². The van der Waals surface area contributed by atoms with Crippen LogP contribution in [0.2, 0.25) is 5.02 Å². The Morgan fingerprint density at radius 2 is 2.00 bits per heavy atom. The van der Waals surface area contributed by atoms with Gasteiger partial charge >= 0.3 is 11.9 Å². The summed E-state index contributed by atoms with van der Waals surface area (Å²) in [6, 6.07) is 6.78. The van der Waals surface area contributed by atoms with Gasteiger partial charge in [0, 0.05) is 17.5 Å². The van der Waals surface area contributed by atoms with Gasteiger partial charge in [-0.05, 0) is 13.0 Å². The van der Waals surface area contributed by atoms with Crippen molar-refractivity contribution in [3.05, 3.63) is 47.0 Å². The van der Waals surface area contributed by atoms with E-state index in [1.165, 1.54) is 6.92 Å². The van der Waals surface area contributed by atoms with Gasteiger partial charge in [0.2, 0.25) is 0 Å². The Morgan fingerprint density at radius 3 is 2.53 bits per heavy atom. The van der Waals surface area contributed by atoms with Gasteiger partial charge in [0.1, 0.15) is 0 Å². The van der Waals surface area contributed by atoms with Gasteiger partial charge in [-0.25, -0.2) is 4.79 Å². The Balaban J connectivity index is 3.08. The van der Waals surface area contributed by atoms with Crippen molar-refractivity contribution in [2.45, 2.75) is 20.0 Å². The summed E-state index contributed by atoms with van der Waals surface area (Å²) in [7, 11) is 0. The first-order valence-corrected chi connectivity index (χ1v) is 6.12. The van der Waals surface area contributed by atoms with Crippen LogP contribution in [0.5, 0.6) is 0 Å². The summed E-state index contributed by atoms with van der Waals surface area (Å²) in [4.78, 5) is 22.9. The third-order valence-corrected chi connectivity index (χ3v) is 2.67. The molecular formula is C14H15ClO4. The van der Waals surface area contributed by atoms with Crippen molar-refractivity contribution in [1.82, 2.24) is 0 Å². The van der Waals surface area contributed by atoms with Crippen LogP contribution in [0, 0.1) is 0 Å². The topological polar surface area (TPSA) is 52.6 Å². The van der Waals surface area contributed by atoms with Crippen molar-refractivity contribution < 1.29 is 19.1 Å². The minimum Gasteiger partial charge on any atom is -0.463 e. The number of hydrogen-bond donors (Lipinski definition) is 0. The first-order chi connectivity index (χ1) is 8.97. The monoisotopic (exact) mass is 282 g/mol. The smallest absolute Gasteiger partial charge is 0.337 e. The summed E-state index contributed by atoms with van der Waals surface area (Å²) in [6.07, 6.45) is -0.940. The van der Waals surface area contributed by atoms with Crippen LogP contribution in [0.3, 0.4) is 0 Å². The highest BCUT2D eigenvalue weighted by molar-refractivity contribution is 6.31. The zero-order valence-electron chi connectivity index (χ0n) is 10.8. The summed E-state index contributed by atoms with van der Waals surface area (Å²) in [5, 5.41) is 0.388. The van der Waals surface area contributed by atoms with Crippen LogP contribution in [0.1, 0.15) is 25.5 Å². The molecule has 0 aromatic heterocycles. The highest BCUT2D eigenvalue weighted by Crippen LogP contribution is 2.31. The Kier molecular flexibility index (Phi) is 5.57. The summed E-state index contributed by atoms with van der Waals surface area (Å²) < 4.78 is 9.98. The van der Waals surface area contributed by atoms with Gasteiger partial charge in [0.25, 0.3) is 0 Å². The van der Waals surface area contributed by atoms with E-state index in [2.05, 4.69) is 6.58 Å². The van der Waals surface area contributed by atoms with E-state index in [-0.39, 0.29) is 12.2 Å². The standard InChI is InChI=1S/C14H15ClO4/c1-4-18-14(17)9(2)13(19-10(3)16)11-7-5-6-8-12(11)15/h5-8,13H,2,4H2,1,3H3. The third kappa shape index (κ3) is 4.10. The maximum Gasteiger partial charge on any atom is 0.337 e. The SMILES string of the molecule is C=C(C(=O)OCC)C(OC(C)=O)c1ccccc1Cl. The zero-order valence-corrected chi connectivity index (χ0v) is 11.6. The van der Waals surface area contributed by atoms with E-state index in [0.717, 1.165) is 0 Å². The number of esters is 2. The maximum atomic E-state index is 11.7. The second kappa shape index (κ2) is 6.95. The minimum atomic E-state index is -0.940. The number of benzene rings is 1. The maximum absolute atomic E-state index is 11.7. The largest absolute Gasteiger partial charge is 0.463 e. The van der Waals surface area contributed by atoms with Crippen LogP contribution in [0.15, 0.2) is 36.4 Å². The van der Waals surface area contributed by atoms with Gasteiger partial charge in [-0.2, -0.15) is 0 Å². The normalized spacial score (nSPS) is 11.5. The lowest BCUT2D eigenvalue weighted by atomic mass is 10.0. The van der Waals surface area contributed by atoms with Gasteiger partial charge in [-0.15, -0.1) is 0 Å². The molecule has 0 bridgehead atoms. The highest BCUT2D eigenvalue weighted by atomic mass is 35.5. The van der Waals surface area contributed by atoms with Gasteiger partial charge in [-0.1, -0.05) is 36.4 Å². The van der Waals surface area contributed by atoms with Crippen molar-refractivity contribution in [1.29, 1.82) is 0 Å². The number of carbonyl (C=O) groups excluding carboxylic acids is 2. The summed E-state index contributed by atoms with van der Waals surface area (Å²) in [5.74, 6) is -1.15. The molecule has 0 fully saturated rings. The lowest BCUT2D eigenvalue weighted by molar-refractivity contribution is -0.147. The third-order valence-electron chi connectivity index (χ3n) is 2.33. The van der Waals surface area contributed by atoms with Gasteiger partial charge < -0.3 is 9.47 Å². The molecular weight excluding hydrogens is 268 g/mol. The average molecular weight is 283 g/mol. The van der Waals surface area contributed by atoms with Gasteiger partial charge in [-0.3, -0.25) is 4.79 Å². The quantitative estimate of drug-likeness (QED) is 0.615. The molecule has 0 aliphatic rings. The van der Waals surface area contributed by atoms with Crippen LogP contribution >= 0.6 is 11.6 Å². The minimum absolute atomic E-state index is 0.0325. The second-order valence-electron chi connectivity index (χ2n) is 3.76. The van der Waals surface area contributed by atoms with E-state index < -0.39 is 18.0 Å². The van der Waals surface area contributed by atoms with Gasteiger partial charge in [0.15, 0.2) is 6.10 Å². The molecule has 1 rings (SSSR count). The first kappa shape index (κ1) is 15.2. The molecule has 1 atom stereocenters.